The molecule has 1 aromatic carbocycles. The third-order valence-electron chi connectivity index (χ3n) is 4.49. The molecule has 0 aliphatic rings. The van der Waals surface area contributed by atoms with Crippen LogP contribution in [0, 0.1) is 0 Å². The van der Waals surface area contributed by atoms with Crippen LogP contribution in [0.15, 0.2) is 59.7 Å². The van der Waals surface area contributed by atoms with E-state index in [1.165, 1.54) is 10.6 Å². The minimum atomic E-state index is -0.356. The van der Waals surface area contributed by atoms with E-state index in [0.717, 1.165) is 12.0 Å². The lowest BCUT2D eigenvalue weighted by molar-refractivity contribution is 0.0669. The van der Waals surface area contributed by atoms with Crippen LogP contribution >= 0.6 is 11.6 Å². The summed E-state index contributed by atoms with van der Waals surface area (Å²) < 4.78 is 1.39. The Hall–Kier alpha value is -2.66. The molecule has 3 aromatic rings. The summed E-state index contributed by atoms with van der Waals surface area (Å²) >= 11 is 5.94. The van der Waals surface area contributed by atoms with Crippen LogP contribution in [0.25, 0.3) is 5.65 Å². The summed E-state index contributed by atoms with van der Waals surface area (Å²) in [4.78, 5) is 31.8. The fourth-order valence-corrected chi connectivity index (χ4v) is 2.89. The van der Waals surface area contributed by atoms with Crippen molar-refractivity contribution < 1.29 is 4.79 Å². The van der Waals surface area contributed by atoms with E-state index in [9.17, 15) is 9.59 Å². The lowest BCUT2D eigenvalue weighted by Crippen LogP contribution is -2.40. The first-order valence-electron chi connectivity index (χ1n) is 8.53. The summed E-state index contributed by atoms with van der Waals surface area (Å²) in [5.74, 6) is -0.315. The average Bonchev–Trinajstić information content (AvgIpc) is 2.67. The van der Waals surface area contributed by atoms with Gasteiger partial charge >= 0.3 is 0 Å². The SMILES string of the molecule is CC[C@@H](C)N(Cc1ccc(Cl)cc1)C(=O)c1cnc2ccccn2c1=O. The zero-order chi connectivity index (χ0) is 18.7. The van der Waals surface area contributed by atoms with Crippen molar-refractivity contribution in [1.29, 1.82) is 0 Å². The van der Waals surface area contributed by atoms with Crippen LogP contribution in [0.5, 0.6) is 0 Å². The number of carbonyl (C=O) groups is 1. The highest BCUT2D eigenvalue weighted by molar-refractivity contribution is 6.30. The second-order valence-electron chi connectivity index (χ2n) is 6.22. The van der Waals surface area contributed by atoms with Gasteiger partial charge < -0.3 is 4.90 Å². The van der Waals surface area contributed by atoms with Crippen LogP contribution in [-0.4, -0.2) is 26.2 Å². The summed E-state index contributed by atoms with van der Waals surface area (Å²) in [6, 6.07) is 12.6. The van der Waals surface area contributed by atoms with E-state index in [-0.39, 0.29) is 23.1 Å². The molecule has 5 nitrogen and oxygen atoms in total. The number of amides is 1. The number of hydrogen-bond acceptors (Lipinski definition) is 3. The number of benzene rings is 1. The first kappa shape index (κ1) is 18.1. The van der Waals surface area contributed by atoms with E-state index >= 15 is 0 Å². The maximum absolute atomic E-state index is 13.1. The van der Waals surface area contributed by atoms with E-state index in [1.54, 1.807) is 41.4 Å². The molecule has 1 atom stereocenters. The van der Waals surface area contributed by atoms with Gasteiger partial charge in [0, 0.05) is 30.0 Å². The van der Waals surface area contributed by atoms with E-state index in [1.807, 2.05) is 26.0 Å². The Kier molecular flexibility index (Phi) is 5.38. The van der Waals surface area contributed by atoms with E-state index in [0.29, 0.717) is 17.2 Å². The molecule has 1 amide bonds. The third kappa shape index (κ3) is 3.63. The number of carbonyl (C=O) groups excluding carboxylic acids is 1. The molecule has 0 unspecified atom stereocenters. The first-order chi connectivity index (χ1) is 12.5. The third-order valence-corrected chi connectivity index (χ3v) is 4.75. The molecule has 0 saturated carbocycles. The topological polar surface area (TPSA) is 54.7 Å². The molecule has 0 bridgehead atoms. The Morgan fingerprint density at radius 3 is 2.65 bits per heavy atom. The van der Waals surface area contributed by atoms with Gasteiger partial charge in [0.25, 0.3) is 11.5 Å². The molecule has 0 aliphatic carbocycles. The molecule has 134 valence electrons. The highest BCUT2D eigenvalue weighted by Gasteiger charge is 2.24. The Labute approximate surface area is 156 Å². The lowest BCUT2D eigenvalue weighted by atomic mass is 10.1. The summed E-state index contributed by atoms with van der Waals surface area (Å²) in [7, 11) is 0. The van der Waals surface area contributed by atoms with Gasteiger partial charge in [0.2, 0.25) is 0 Å². The van der Waals surface area contributed by atoms with E-state index in [2.05, 4.69) is 4.98 Å². The van der Waals surface area contributed by atoms with Crippen molar-refractivity contribution in [3.05, 3.63) is 81.4 Å². The van der Waals surface area contributed by atoms with Gasteiger partial charge in [-0.2, -0.15) is 0 Å². The molecule has 0 radical (unpaired) electrons. The van der Waals surface area contributed by atoms with Gasteiger partial charge in [0.1, 0.15) is 11.2 Å². The quantitative estimate of drug-likeness (QED) is 0.687. The van der Waals surface area contributed by atoms with Crippen molar-refractivity contribution in [2.75, 3.05) is 0 Å². The molecule has 0 fully saturated rings. The van der Waals surface area contributed by atoms with Crippen molar-refractivity contribution in [3.8, 4) is 0 Å². The Morgan fingerprint density at radius 1 is 1.23 bits per heavy atom. The zero-order valence-electron chi connectivity index (χ0n) is 14.7. The fraction of sp³-hybridized carbons (Fsp3) is 0.250. The van der Waals surface area contributed by atoms with Crippen LogP contribution in [0.2, 0.25) is 5.02 Å². The van der Waals surface area contributed by atoms with Crippen molar-refractivity contribution >= 4 is 23.2 Å². The smallest absolute Gasteiger partial charge is 0.270 e. The first-order valence-corrected chi connectivity index (χ1v) is 8.91. The minimum absolute atomic E-state index is 0.0194. The summed E-state index contributed by atoms with van der Waals surface area (Å²) in [5.41, 5.74) is 1.19. The maximum Gasteiger partial charge on any atom is 0.270 e. The normalized spacial score (nSPS) is 12.1. The van der Waals surface area contributed by atoms with Crippen molar-refractivity contribution in [3.63, 3.8) is 0 Å². The lowest BCUT2D eigenvalue weighted by Gasteiger charge is -2.28. The number of pyridine rings is 1. The number of halogens is 1. The van der Waals surface area contributed by atoms with E-state index < -0.39 is 0 Å². The number of aromatic nitrogens is 2. The molecule has 0 spiro atoms. The van der Waals surface area contributed by atoms with Crippen LogP contribution in [0.1, 0.15) is 36.2 Å². The van der Waals surface area contributed by atoms with E-state index in [4.69, 9.17) is 11.6 Å². The van der Waals surface area contributed by atoms with Crippen LogP contribution in [-0.2, 0) is 6.54 Å². The van der Waals surface area contributed by atoms with Gasteiger partial charge in [-0.25, -0.2) is 4.98 Å². The molecule has 0 aliphatic heterocycles. The predicted molar refractivity (Wildman–Crippen MR) is 103 cm³/mol. The van der Waals surface area contributed by atoms with Crippen LogP contribution < -0.4 is 5.56 Å². The highest BCUT2D eigenvalue weighted by Crippen LogP contribution is 2.16. The Bertz CT molecular complexity index is 982. The van der Waals surface area contributed by atoms with Gasteiger partial charge in [0.15, 0.2) is 0 Å². The predicted octanol–water partition coefficient (Wildman–Crippen LogP) is 3.79. The average molecular weight is 370 g/mol. The molecule has 6 heteroatoms. The number of rotatable bonds is 5. The van der Waals surface area contributed by atoms with Crippen molar-refractivity contribution in [2.24, 2.45) is 0 Å². The minimum Gasteiger partial charge on any atom is -0.331 e. The molecular formula is C20H20ClN3O2. The Balaban J connectivity index is 1.99. The summed E-state index contributed by atoms with van der Waals surface area (Å²) in [6.07, 6.45) is 3.77. The number of nitrogens with zero attached hydrogens (tertiary/aromatic N) is 3. The number of fused-ring (bicyclic) bond motifs is 1. The van der Waals surface area contributed by atoms with Gasteiger partial charge in [-0.1, -0.05) is 36.7 Å². The second kappa shape index (κ2) is 7.70. The molecular weight excluding hydrogens is 350 g/mol. The zero-order valence-corrected chi connectivity index (χ0v) is 15.5. The van der Waals surface area contributed by atoms with Crippen molar-refractivity contribution in [1.82, 2.24) is 14.3 Å². The molecule has 3 rings (SSSR count). The second-order valence-corrected chi connectivity index (χ2v) is 6.66. The van der Waals surface area contributed by atoms with Gasteiger partial charge in [0.05, 0.1) is 0 Å². The summed E-state index contributed by atoms with van der Waals surface area (Å²) in [5, 5.41) is 0.646. The fourth-order valence-electron chi connectivity index (χ4n) is 2.76. The molecule has 0 saturated heterocycles. The van der Waals surface area contributed by atoms with Gasteiger partial charge in [-0.05, 0) is 43.2 Å². The standard InChI is InChI=1S/C20H20ClN3O2/c1-3-14(2)24(13-15-7-9-16(21)10-8-15)20(26)17-12-22-18-6-4-5-11-23(18)19(17)25/h4-12,14H,3,13H2,1-2H3/t14-/m1/s1. The number of hydrogen-bond donors (Lipinski definition) is 0. The molecule has 0 N–H and O–H groups in total. The molecule has 26 heavy (non-hydrogen) atoms. The van der Waals surface area contributed by atoms with Gasteiger partial charge in [-0.3, -0.25) is 14.0 Å². The van der Waals surface area contributed by atoms with Crippen molar-refractivity contribution in [2.45, 2.75) is 32.9 Å². The Morgan fingerprint density at radius 2 is 1.96 bits per heavy atom. The summed E-state index contributed by atoms with van der Waals surface area (Å²) in [6.45, 7) is 4.39. The largest absolute Gasteiger partial charge is 0.331 e. The van der Waals surface area contributed by atoms with Crippen LogP contribution in [0.4, 0.5) is 0 Å². The van der Waals surface area contributed by atoms with Crippen LogP contribution in [0.3, 0.4) is 0 Å². The molecule has 2 aromatic heterocycles. The molecule has 2 heterocycles. The maximum atomic E-state index is 13.1. The highest BCUT2D eigenvalue weighted by atomic mass is 35.5. The van der Waals surface area contributed by atoms with Gasteiger partial charge in [-0.15, -0.1) is 0 Å². The monoisotopic (exact) mass is 369 g/mol.